The van der Waals surface area contributed by atoms with Gasteiger partial charge in [-0.15, -0.1) is 0 Å². The Kier molecular flexibility index (Phi) is 7.69. The van der Waals surface area contributed by atoms with Crippen molar-refractivity contribution in [2.75, 3.05) is 18.5 Å². The van der Waals surface area contributed by atoms with E-state index in [9.17, 15) is 14.9 Å². The lowest BCUT2D eigenvalue weighted by Crippen LogP contribution is -2.16. The number of nitro benzene ring substituents is 1. The lowest BCUT2D eigenvalue weighted by atomic mass is 10.0. The highest BCUT2D eigenvalue weighted by Gasteiger charge is 2.24. The highest BCUT2D eigenvalue weighted by molar-refractivity contribution is 5.94. The van der Waals surface area contributed by atoms with Crippen molar-refractivity contribution in [3.05, 3.63) is 22.2 Å². The molecule has 0 saturated heterocycles. The number of anilines is 1. The molecule has 0 aliphatic heterocycles. The van der Waals surface area contributed by atoms with Gasteiger partial charge in [-0.05, 0) is 31.6 Å². The molecule has 0 spiro atoms. The molecule has 1 aliphatic rings. The minimum absolute atomic E-state index is 0.160. The number of nitro groups is 1. The smallest absolute Gasteiger partial charge is 0.296 e. The van der Waals surface area contributed by atoms with Gasteiger partial charge in [0.15, 0.2) is 11.5 Å². The van der Waals surface area contributed by atoms with Crippen molar-refractivity contribution >= 4 is 17.3 Å². The minimum Gasteiger partial charge on any atom is -0.490 e. The molecule has 1 N–H and O–H groups in total. The number of benzene rings is 1. The molecule has 7 nitrogen and oxygen atoms in total. The molecule has 7 heteroatoms. The van der Waals surface area contributed by atoms with E-state index in [1.165, 1.54) is 12.1 Å². The average molecular weight is 364 g/mol. The first kappa shape index (κ1) is 20.0. The first-order valence-corrected chi connectivity index (χ1v) is 9.43. The van der Waals surface area contributed by atoms with Crippen LogP contribution in [-0.2, 0) is 4.79 Å². The number of nitrogens with one attached hydrogen (secondary N) is 1. The van der Waals surface area contributed by atoms with Crippen LogP contribution < -0.4 is 14.8 Å². The average Bonchev–Trinajstić information content (AvgIpc) is 3.11. The van der Waals surface area contributed by atoms with E-state index in [0.29, 0.717) is 37.1 Å². The first-order chi connectivity index (χ1) is 12.5. The summed E-state index contributed by atoms with van der Waals surface area (Å²) in [6.45, 7) is 4.84. The second kappa shape index (κ2) is 9.99. The summed E-state index contributed by atoms with van der Waals surface area (Å²) in [5, 5.41) is 14.2. The summed E-state index contributed by atoms with van der Waals surface area (Å²) in [6.07, 6.45) is 6.37. The largest absolute Gasteiger partial charge is 0.490 e. The molecule has 1 saturated carbocycles. The van der Waals surface area contributed by atoms with Gasteiger partial charge in [-0.25, -0.2) is 0 Å². The molecule has 0 heterocycles. The van der Waals surface area contributed by atoms with Gasteiger partial charge in [0.2, 0.25) is 5.91 Å². The highest BCUT2D eigenvalue weighted by atomic mass is 16.6. The number of nitrogens with zero attached hydrogens (tertiary/aromatic N) is 1. The molecule has 0 atom stereocenters. The number of rotatable bonds is 10. The topological polar surface area (TPSA) is 90.7 Å². The van der Waals surface area contributed by atoms with E-state index in [-0.39, 0.29) is 17.3 Å². The second-order valence-corrected chi connectivity index (χ2v) is 6.67. The minimum atomic E-state index is -0.506. The summed E-state index contributed by atoms with van der Waals surface area (Å²) in [7, 11) is 0. The summed E-state index contributed by atoms with van der Waals surface area (Å²) in [5.41, 5.74) is -0.0207. The van der Waals surface area contributed by atoms with Crippen LogP contribution in [0.2, 0.25) is 0 Å². The monoisotopic (exact) mass is 364 g/mol. The summed E-state index contributed by atoms with van der Waals surface area (Å²) in [6, 6.07) is 2.84. The molecular weight excluding hydrogens is 336 g/mol. The third-order valence-corrected chi connectivity index (χ3v) is 4.41. The molecule has 1 amide bonds. The second-order valence-electron chi connectivity index (χ2n) is 6.67. The lowest BCUT2D eigenvalue weighted by Gasteiger charge is -2.15. The van der Waals surface area contributed by atoms with Gasteiger partial charge >= 0.3 is 0 Å². The van der Waals surface area contributed by atoms with Crippen molar-refractivity contribution in [1.82, 2.24) is 0 Å². The van der Waals surface area contributed by atoms with Crippen LogP contribution in [0.1, 0.15) is 58.8 Å². The first-order valence-electron chi connectivity index (χ1n) is 9.43. The molecular formula is C19H28N2O5. The Morgan fingerprint density at radius 3 is 2.27 bits per heavy atom. The predicted molar refractivity (Wildman–Crippen MR) is 99.9 cm³/mol. The van der Waals surface area contributed by atoms with Gasteiger partial charge in [0.1, 0.15) is 5.69 Å². The maximum absolute atomic E-state index is 12.3. The SMILES string of the molecule is CCCOc1cc(NC(=O)CC2CCCC2)c([N+](=O)[O-])cc1OCCC. The molecule has 1 aromatic rings. The number of carbonyl (C=O) groups is 1. The zero-order chi connectivity index (χ0) is 18.9. The van der Waals surface area contributed by atoms with Crippen LogP contribution in [0.5, 0.6) is 11.5 Å². The van der Waals surface area contributed by atoms with Crippen molar-refractivity contribution in [2.45, 2.75) is 58.8 Å². The van der Waals surface area contributed by atoms with Crippen LogP contribution in [0.15, 0.2) is 12.1 Å². The summed E-state index contributed by atoms with van der Waals surface area (Å²) in [4.78, 5) is 23.3. The fourth-order valence-corrected chi connectivity index (χ4v) is 3.13. The molecule has 0 unspecified atom stereocenters. The number of ether oxygens (including phenoxy) is 2. The Bertz CT molecular complexity index is 627. The van der Waals surface area contributed by atoms with Gasteiger partial charge in [0, 0.05) is 12.5 Å². The van der Waals surface area contributed by atoms with Gasteiger partial charge in [-0.1, -0.05) is 26.7 Å². The summed E-state index contributed by atoms with van der Waals surface area (Å²) in [5.74, 6) is 0.934. The van der Waals surface area contributed by atoms with E-state index in [1.54, 1.807) is 0 Å². The predicted octanol–water partition coefficient (Wildman–Crippen LogP) is 4.69. The van der Waals surface area contributed by atoms with E-state index >= 15 is 0 Å². The van der Waals surface area contributed by atoms with Gasteiger partial charge in [-0.2, -0.15) is 0 Å². The molecule has 26 heavy (non-hydrogen) atoms. The Hall–Kier alpha value is -2.31. The molecule has 1 aliphatic carbocycles. The fourth-order valence-electron chi connectivity index (χ4n) is 3.13. The Labute approximate surface area is 154 Å². The van der Waals surface area contributed by atoms with E-state index in [1.807, 2.05) is 13.8 Å². The van der Waals surface area contributed by atoms with Crippen LogP contribution in [0.3, 0.4) is 0 Å². The maximum Gasteiger partial charge on any atom is 0.296 e. The Balaban J connectivity index is 2.23. The van der Waals surface area contributed by atoms with Crippen molar-refractivity contribution in [2.24, 2.45) is 5.92 Å². The fraction of sp³-hybridized carbons (Fsp3) is 0.632. The lowest BCUT2D eigenvalue weighted by molar-refractivity contribution is -0.384. The van der Waals surface area contributed by atoms with Crippen molar-refractivity contribution in [3.8, 4) is 11.5 Å². The van der Waals surface area contributed by atoms with Crippen LogP contribution in [-0.4, -0.2) is 24.0 Å². The number of hydrogen-bond donors (Lipinski definition) is 1. The van der Waals surface area contributed by atoms with E-state index in [0.717, 1.165) is 38.5 Å². The van der Waals surface area contributed by atoms with Crippen molar-refractivity contribution < 1.29 is 19.2 Å². The molecule has 1 aromatic carbocycles. The Morgan fingerprint density at radius 2 is 1.73 bits per heavy atom. The number of carbonyl (C=O) groups excluding carboxylic acids is 1. The summed E-state index contributed by atoms with van der Waals surface area (Å²) < 4.78 is 11.3. The van der Waals surface area contributed by atoms with Crippen LogP contribution >= 0.6 is 0 Å². The molecule has 144 valence electrons. The van der Waals surface area contributed by atoms with Crippen molar-refractivity contribution in [1.29, 1.82) is 0 Å². The molecule has 0 bridgehead atoms. The molecule has 0 radical (unpaired) electrons. The van der Waals surface area contributed by atoms with Crippen LogP contribution in [0.25, 0.3) is 0 Å². The van der Waals surface area contributed by atoms with Crippen LogP contribution in [0.4, 0.5) is 11.4 Å². The van der Waals surface area contributed by atoms with E-state index in [2.05, 4.69) is 5.32 Å². The zero-order valence-corrected chi connectivity index (χ0v) is 15.6. The van der Waals surface area contributed by atoms with Crippen molar-refractivity contribution in [3.63, 3.8) is 0 Å². The van der Waals surface area contributed by atoms with E-state index < -0.39 is 4.92 Å². The normalized spacial score (nSPS) is 14.2. The Morgan fingerprint density at radius 1 is 1.15 bits per heavy atom. The van der Waals surface area contributed by atoms with Gasteiger partial charge in [-0.3, -0.25) is 14.9 Å². The number of amides is 1. The van der Waals surface area contributed by atoms with Gasteiger partial charge in [0.25, 0.3) is 5.69 Å². The molecule has 2 rings (SSSR count). The quantitative estimate of drug-likeness (QED) is 0.480. The van der Waals surface area contributed by atoms with E-state index in [4.69, 9.17) is 9.47 Å². The highest BCUT2D eigenvalue weighted by Crippen LogP contribution is 2.38. The van der Waals surface area contributed by atoms with Gasteiger partial charge < -0.3 is 14.8 Å². The van der Waals surface area contributed by atoms with Gasteiger partial charge in [0.05, 0.1) is 24.2 Å². The van der Waals surface area contributed by atoms with Crippen LogP contribution in [0, 0.1) is 16.0 Å². The maximum atomic E-state index is 12.3. The third kappa shape index (κ3) is 5.61. The molecule has 0 aromatic heterocycles. The standard InChI is InChI=1S/C19H28N2O5/c1-3-9-25-17-12-15(20-19(22)11-14-7-5-6-8-14)16(21(23)24)13-18(17)26-10-4-2/h12-14H,3-11H2,1-2H3,(H,20,22). The summed E-state index contributed by atoms with van der Waals surface area (Å²) >= 11 is 0. The number of hydrogen-bond acceptors (Lipinski definition) is 5. The molecule has 1 fully saturated rings. The third-order valence-electron chi connectivity index (χ3n) is 4.41. The zero-order valence-electron chi connectivity index (χ0n) is 15.6.